The Hall–Kier alpha value is -1.03. The molecule has 0 aliphatic carbocycles. The first-order chi connectivity index (χ1) is 10.2. The minimum atomic E-state index is -0.448. The highest BCUT2D eigenvalue weighted by Gasteiger charge is 2.10. The topological polar surface area (TPSA) is 32.3 Å². The number of aliphatic hydroxyl groups is 1. The summed E-state index contributed by atoms with van der Waals surface area (Å²) in [4.78, 5) is 0. The van der Waals surface area contributed by atoms with Gasteiger partial charge >= 0.3 is 0 Å². The predicted octanol–water partition coefficient (Wildman–Crippen LogP) is 3.99. The van der Waals surface area contributed by atoms with Crippen LogP contribution in [-0.2, 0) is 0 Å². The van der Waals surface area contributed by atoms with Gasteiger partial charge in [0.25, 0.3) is 0 Å². The zero-order valence-corrected chi connectivity index (χ0v) is 13.7. The Labute approximate surface area is 131 Å². The Morgan fingerprint density at radius 3 is 2.67 bits per heavy atom. The van der Waals surface area contributed by atoms with Crippen LogP contribution in [0, 0.1) is 0 Å². The van der Waals surface area contributed by atoms with E-state index in [-0.39, 0.29) is 0 Å². The van der Waals surface area contributed by atoms with Crippen LogP contribution >= 0.6 is 11.8 Å². The molecule has 2 N–H and O–H groups in total. The number of hydrogen-bond donors (Lipinski definition) is 2. The van der Waals surface area contributed by atoms with Crippen LogP contribution in [0.25, 0.3) is 10.8 Å². The molecule has 2 rings (SSSR count). The van der Waals surface area contributed by atoms with E-state index in [0.717, 1.165) is 12.0 Å². The fourth-order valence-electron chi connectivity index (χ4n) is 2.35. The number of thioether (sulfide) groups is 1. The van der Waals surface area contributed by atoms with E-state index >= 15 is 0 Å². The van der Waals surface area contributed by atoms with E-state index in [0.29, 0.717) is 12.6 Å². The van der Waals surface area contributed by atoms with Crippen molar-refractivity contribution in [2.45, 2.75) is 32.4 Å². The van der Waals surface area contributed by atoms with Gasteiger partial charge in [-0.25, -0.2) is 0 Å². The zero-order valence-electron chi connectivity index (χ0n) is 12.9. The Kier molecular flexibility index (Phi) is 6.55. The van der Waals surface area contributed by atoms with E-state index in [4.69, 9.17) is 0 Å². The molecule has 0 heterocycles. The number of fused-ring (bicyclic) bond motifs is 1. The molecule has 0 fully saturated rings. The first kappa shape index (κ1) is 16.3. The molecular formula is C18H25NOS. The van der Waals surface area contributed by atoms with Crippen molar-refractivity contribution in [1.82, 2.24) is 5.32 Å². The lowest BCUT2D eigenvalue weighted by molar-refractivity contribution is 0.170. The van der Waals surface area contributed by atoms with Gasteiger partial charge in [-0.2, -0.15) is 11.8 Å². The maximum Gasteiger partial charge on any atom is 0.0914 e. The van der Waals surface area contributed by atoms with Gasteiger partial charge in [0.2, 0.25) is 0 Å². The lowest BCUT2D eigenvalue weighted by Crippen LogP contribution is -2.30. The largest absolute Gasteiger partial charge is 0.387 e. The lowest BCUT2D eigenvalue weighted by atomic mass is 10.0. The Morgan fingerprint density at radius 1 is 1.14 bits per heavy atom. The molecule has 0 aliphatic rings. The van der Waals surface area contributed by atoms with E-state index in [1.807, 2.05) is 30.0 Å². The molecule has 0 saturated carbocycles. The van der Waals surface area contributed by atoms with E-state index in [9.17, 15) is 5.11 Å². The highest BCUT2D eigenvalue weighted by molar-refractivity contribution is 7.99. The van der Waals surface area contributed by atoms with E-state index in [2.05, 4.69) is 43.4 Å². The summed E-state index contributed by atoms with van der Waals surface area (Å²) in [5.74, 6) is 2.35. The molecule has 3 heteroatoms. The van der Waals surface area contributed by atoms with Gasteiger partial charge < -0.3 is 10.4 Å². The molecule has 2 nitrogen and oxygen atoms in total. The predicted molar refractivity (Wildman–Crippen MR) is 94.0 cm³/mol. The summed E-state index contributed by atoms with van der Waals surface area (Å²) in [5.41, 5.74) is 0.983. The molecule has 2 atom stereocenters. The van der Waals surface area contributed by atoms with Gasteiger partial charge in [-0.3, -0.25) is 0 Å². The molecule has 0 spiro atoms. The second-order valence-corrected chi connectivity index (χ2v) is 6.81. The summed E-state index contributed by atoms with van der Waals surface area (Å²) in [5, 5.41) is 16.2. The molecule has 0 amide bonds. The lowest BCUT2D eigenvalue weighted by Gasteiger charge is -2.17. The first-order valence-electron chi connectivity index (χ1n) is 7.68. The molecule has 0 aliphatic heterocycles. The molecule has 2 unspecified atom stereocenters. The van der Waals surface area contributed by atoms with Crippen LogP contribution in [-0.4, -0.2) is 29.2 Å². The normalized spacial score (nSPS) is 14.2. The SMILES string of the molecule is CCSCCC(C)NCC(O)c1ccc2ccccc2c1. The standard InChI is InChI=1S/C18H25NOS/c1-3-21-11-10-14(2)19-13-18(20)17-9-8-15-6-4-5-7-16(15)12-17/h4-9,12,14,18-20H,3,10-11,13H2,1-2H3. The fraction of sp³-hybridized carbons (Fsp3) is 0.444. The number of hydrogen-bond acceptors (Lipinski definition) is 3. The molecular weight excluding hydrogens is 278 g/mol. The fourth-order valence-corrected chi connectivity index (χ4v) is 3.16. The van der Waals surface area contributed by atoms with Crippen molar-refractivity contribution >= 4 is 22.5 Å². The molecule has 2 aromatic rings. The van der Waals surface area contributed by atoms with Gasteiger partial charge in [-0.05, 0) is 47.3 Å². The van der Waals surface area contributed by atoms with Crippen LogP contribution in [0.1, 0.15) is 31.9 Å². The third-order valence-electron chi connectivity index (χ3n) is 3.72. The second-order valence-electron chi connectivity index (χ2n) is 5.42. The van der Waals surface area contributed by atoms with Gasteiger partial charge in [0.15, 0.2) is 0 Å². The van der Waals surface area contributed by atoms with E-state index in [1.54, 1.807) is 0 Å². The summed E-state index contributed by atoms with van der Waals surface area (Å²) in [6, 6.07) is 14.9. The monoisotopic (exact) mass is 303 g/mol. The average Bonchev–Trinajstić information content (AvgIpc) is 2.52. The number of benzene rings is 2. The number of aliphatic hydroxyl groups excluding tert-OH is 1. The van der Waals surface area contributed by atoms with Gasteiger partial charge in [0.1, 0.15) is 0 Å². The molecule has 0 bridgehead atoms. The van der Waals surface area contributed by atoms with Crippen LogP contribution in [0.3, 0.4) is 0 Å². The number of rotatable bonds is 8. The highest BCUT2D eigenvalue weighted by Crippen LogP contribution is 2.20. The molecule has 0 saturated heterocycles. The van der Waals surface area contributed by atoms with Crippen molar-refractivity contribution in [3.8, 4) is 0 Å². The average molecular weight is 303 g/mol. The van der Waals surface area contributed by atoms with E-state index in [1.165, 1.54) is 22.3 Å². The van der Waals surface area contributed by atoms with E-state index < -0.39 is 6.10 Å². The van der Waals surface area contributed by atoms with Gasteiger partial charge in [-0.1, -0.05) is 43.3 Å². The minimum Gasteiger partial charge on any atom is -0.387 e. The Bertz CT molecular complexity index is 558. The highest BCUT2D eigenvalue weighted by atomic mass is 32.2. The third kappa shape index (κ3) is 5.03. The van der Waals surface area contributed by atoms with Crippen molar-refractivity contribution in [2.24, 2.45) is 0 Å². The van der Waals surface area contributed by atoms with Crippen LogP contribution in [0.2, 0.25) is 0 Å². The van der Waals surface area contributed by atoms with Crippen LogP contribution in [0.5, 0.6) is 0 Å². The van der Waals surface area contributed by atoms with Gasteiger partial charge in [-0.15, -0.1) is 0 Å². The van der Waals surface area contributed by atoms with Crippen LogP contribution < -0.4 is 5.32 Å². The Balaban J connectivity index is 1.88. The Morgan fingerprint density at radius 2 is 1.90 bits per heavy atom. The van der Waals surface area contributed by atoms with Gasteiger partial charge in [0, 0.05) is 12.6 Å². The second kappa shape index (κ2) is 8.42. The smallest absolute Gasteiger partial charge is 0.0914 e. The summed E-state index contributed by atoms with van der Waals surface area (Å²) in [7, 11) is 0. The van der Waals surface area contributed by atoms with Crippen molar-refractivity contribution in [2.75, 3.05) is 18.1 Å². The van der Waals surface area contributed by atoms with Crippen molar-refractivity contribution in [3.63, 3.8) is 0 Å². The van der Waals surface area contributed by atoms with Crippen molar-refractivity contribution < 1.29 is 5.11 Å². The maximum absolute atomic E-state index is 10.3. The van der Waals surface area contributed by atoms with Crippen molar-refractivity contribution in [3.05, 3.63) is 48.0 Å². The van der Waals surface area contributed by atoms with Crippen molar-refractivity contribution in [1.29, 1.82) is 0 Å². The summed E-state index contributed by atoms with van der Waals surface area (Å²) in [6.45, 7) is 4.98. The van der Waals surface area contributed by atoms with Crippen LogP contribution in [0.15, 0.2) is 42.5 Å². The van der Waals surface area contributed by atoms with Gasteiger partial charge in [0.05, 0.1) is 6.10 Å². The minimum absolute atomic E-state index is 0.444. The summed E-state index contributed by atoms with van der Waals surface area (Å²) < 4.78 is 0. The number of nitrogens with one attached hydrogen (secondary N) is 1. The molecule has 114 valence electrons. The molecule has 0 aromatic heterocycles. The molecule has 2 aromatic carbocycles. The molecule has 0 radical (unpaired) electrons. The third-order valence-corrected chi connectivity index (χ3v) is 4.65. The first-order valence-corrected chi connectivity index (χ1v) is 8.84. The summed E-state index contributed by atoms with van der Waals surface area (Å²) in [6.07, 6.45) is 0.694. The maximum atomic E-state index is 10.3. The summed E-state index contributed by atoms with van der Waals surface area (Å²) >= 11 is 1.97. The van der Waals surface area contributed by atoms with Crippen LogP contribution in [0.4, 0.5) is 0 Å². The zero-order chi connectivity index (χ0) is 15.1. The quantitative estimate of drug-likeness (QED) is 0.723. The molecule has 21 heavy (non-hydrogen) atoms.